The van der Waals surface area contributed by atoms with Crippen molar-refractivity contribution < 1.29 is 28.5 Å². The normalized spacial score (nSPS) is 10.1. The highest BCUT2D eigenvalue weighted by Gasteiger charge is 2.20. The van der Waals surface area contributed by atoms with Crippen LogP contribution in [0, 0.1) is 0 Å². The SMILES string of the molecule is COc1cc(C(=O)OCC(=O)N(C)c2nccs2)cc(OC)c1OC. The number of methoxy groups -OCH3 is 3. The number of amides is 1. The lowest BCUT2D eigenvalue weighted by Gasteiger charge is -2.15. The highest BCUT2D eigenvalue weighted by molar-refractivity contribution is 7.13. The van der Waals surface area contributed by atoms with Crippen LogP contribution in [0.2, 0.25) is 0 Å². The van der Waals surface area contributed by atoms with Gasteiger partial charge in [-0.15, -0.1) is 11.3 Å². The van der Waals surface area contributed by atoms with Crippen LogP contribution in [0.15, 0.2) is 23.7 Å². The first kappa shape index (κ1) is 18.5. The molecule has 9 heteroatoms. The zero-order valence-electron chi connectivity index (χ0n) is 14.3. The van der Waals surface area contributed by atoms with Crippen molar-refractivity contribution in [3.8, 4) is 17.2 Å². The van der Waals surface area contributed by atoms with Crippen LogP contribution in [0.5, 0.6) is 17.2 Å². The number of benzene rings is 1. The fourth-order valence-corrected chi connectivity index (χ4v) is 2.62. The van der Waals surface area contributed by atoms with E-state index in [1.807, 2.05) is 0 Å². The fourth-order valence-electron chi connectivity index (χ4n) is 1.99. The van der Waals surface area contributed by atoms with Crippen LogP contribution in [0.3, 0.4) is 0 Å². The summed E-state index contributed by atoms with van der Waals surface area (Å²) in [6, 6.07) is 2.91. The molecule has 8 nitrogen and oxygen atoms in total. The van der Waals surface area contributed by atoms with Gasteiger partial charge in [-0.25, -0.2) is 9.78 Å². The van der Waals surface area contributed by atoms with Gasteiger partial charge < -0.3 is 18.9 Å². The molecule has 1 amide bonds. The van der Waals surface area contributed by atoms with E-state index >= 15 is 0 Å². The number of thiazole rings is 1. The molecule has 0 unspecified atom stereocenters. The molecule has 0 aliphatic carbocycles. The topological polar surface area (TPSA) is 87.2 Å². The van der Waals surface area contributed by atoms with Crippen molar-refractivity contribution in [3.05, 3.63) is 29.3 Å². The van der Waals surface area contributed by atoms with Crippen LogP contribution in [0.25, 0.3) is 0 Å². The Bertz CT molecular complexity index is 722. The number of carbonyl (C=O) groups is 2. The van der Waals surface area contributed by atoms with Crippen LogP contribution in [0.1, 0.15) is 10.4 Å². The van der Waals surface area contributed by atoms with Crippen molar-refractivity contribution in [1.82, 2.24) is 4.98 Å². The van der Waals surface area contributed by atoms with Crippen molar-refractivity contribution in [2.45, 2.75) is 0 Å². The van der Waals surface area contributed by atoms with E-state index in [1.165, 1.54) is 49.7 Å². The van der Waals surface area contributed by atoms with Gasteiger partial charge in [0.2, 0.25) is 5.75 Å². The summed E-state index contributed by atoms with van der Waals surface area (Å²) in [5.74, 6) is -0.0722. The number of hydrogen-bond acceptors (Lipinski definition) is 8. The van der Waals surface area contributed by atoms with Gasteiger partial charge in [0, 0.05) is 18.6 Å². The van der Waals surface area contributed by atoms with E-state index in [1.54, 1.807) is 18.6 Å². The first-order valence-electron chi connectivity index (χ1n) is 7.15. The summed E-state index contributed by atoms with van der Waals surface area (Å²) in [4.78, 5) is 29.7. The number of hydrogen-bond donors (Lipinski definition) is 0. The summed E-state index contributed by atoms with van der Waals surface area (Å²) in [7, 11) is 5.91. The number of aromatic nitrogens is 1. The van der Waals surface area contributed by atoms with Gasteiger partial charge in [0.25, 0.3) is 5.91 Å². The van der Waals surface area contributed by atoms with E-state index in [0.717, 1.165) is 0 Å². The molecule has 1 heterocycles. The number of rotatable bonds is 7. The van der Waals surface area contributed by atoms with Gasteiger partial charge in [0.1, 0.15) is 0 Å². The molecule has 0 aliphatic heterocycles. The summed E-state index contributed by atoms with van der Waals surface area (Å²) in [6.45, 7) is -0.411. The monoisotopic (exact) mass is 366 g/mol. The summed E-state index contributed by atoms with van der Waals surface area (Å²) >= 11 is 1.31. The first-order chi connectivity index (χ1) is 12.0. The Labute approximate surface area is 148 Å². The predicted molar refractivity (Wildman–Crippen MR) is 91.9 cm³/mol. The second-order valence-corrected chi connectivity index (χ2v) is 5.63. The average molecular weight is 366 g/mol. The Hall–Kier alpha value is -2.81. The highest BCUT2D eigenvalue weighted by atomic mass is 32.1. The molecule has 0 saturated carbocycles. The molecule has 0 aliphatic rings. The molecule has 0 bridgehead atoms. The molecule has 1 aromatic heterocycles. The molecule has 1 aromatic carbocycles. The standard InChI is InChI=1S/C16H18N2O6S/c1-18(16-17-5-6-25-16)13(19)9-24-15(20)10-7-11(21-2)14(23-4)12(8-10)22-3/h5-8H,9H2,1-4H3. The molecular formula is C16H18N2O6S. The molecule has 2 aromatic rings. The number of anilines is 1. The van der Waals surface area contributed by atoms with Crippen molar-refractivity contribution in [3.63, 3.8) is 0 Å². The molecular weight excluding hydrogens is 348 g/mol. The maximum absolute atomic E-state index is 12.2. The maximum Gasteiger partial charge on any atom is 0.338 e. The molecule has 0 saturated heterocycles. The lowest BCUT2D eigenvalue weighted by molar-refractivity contribution is -0.121. The first-order valence-corrected chi connectivity index (χ1v) is 8.03. The van der Waals surface area contributed by atoms with Gasteiger partial charge in [-0.05, 0) is 12.1 Å². The smallest absolute Gasteiger partial charge is 0.338 e. The van der Waals surface area contributed by atoms with E-state index in [4.69, 9.17) is 18.9 Å². The summed E-state index contributed by atoms with van der Waals surface area (Å²) in [5, 5.41) is 2.27. The molecule has 25 heavy (non-hydrogen) atoms. The van der Waals surface area contributed by atoms with E-state index in [0.29, 0.717) is 22.4 Å². The fraction of sp³-hybridized carbons (Fsp3) is 0.312. The number of nitrogens with zero attached hydrogens (tertiary/aromatic N) is 2. The quantitative estimate of drug-likeness (QED) is 0.693. The van der Waals surface area contributed by atoms with Gasteiger partial charge in [-0.1, -0.05) is 0 Å². The molecule has 134 valence electrons. The molecule has 0 atom stereocenters. The molecule has 0 N–H and O–H groups in total. The number of carbonyl (C=O) groups excluding carboxylic acids is 2. The Morgan fingerprint density at radius 1 is 1.12 bits per heavy atom. The minimum Gasteiger partial charge on any atom is -0.493 e. The summed E-state index contributed by atoms with van der Waals surface area (Å²) < 4.78 is 20.6. The third kappa shape index (κ3) is 4.18. The summed E-state index contributed by atoms with van der Waals surface area (Å²) in [6.07, 6.45) is 1.59. The van der Waals surface area contributed by atoms with Crippen LogP contribution >= 0.6 is 11.3 Å². The number of likely N-dealkylation sites (N-methyl/N-ethyl adjacent to an activating group) is 1. The third-order valence-corrected chi connectivity index (χ3v) is 4.16. The van der Waals surface area contributed by atoms with Crippen molar-refractivity contribution in [2.24, 2.45) is 0 Å². The Kier molecular flexibility index (Phi) is 6.18. The summed E-state index contributed by atoms with van der Waals surface area (Å²) in [5.41, 5.74) is 0.180. The van der Waals surface area contributed by atoms with Crippen LogP contribution < -0.4 is 19.1 Å². The third-order valence-electron chi connectivity index (χ3n) is 3.31. The van der Waals surface area contributed by atoms with Gasteiger partial charge in [0.05, 0.1) is 26.9 Å². The minimum atomic E-state index is -0.680. The molecule has 2 rings (SSSR count). The largest absolute Gasteiger partial charge is 0.493 e. The van der Waals surface area contributed by atoms with Crippen molar-refractivity contribution in [1.29, 1.82) is 0 Å². The zero-order chi connectivity index (χ0) is 18.4. The van der Waals surface area contributed by atoms with E-state index < -0.39 is 18.5 Å². The number of esters is 1. The van der Waals surface area contributed by atoms with E-state index in [-0.39, 0.29) is 5.56 Å². The molecule has 0 spiro atoms. The molecule has 0 fully saturated rings. The second kappa shape index (κ2) is 8.34. The van der Waals surface area contributed by atoms with E-state index in [2.05, 4.69) is 4.98 Å². The van der Waals surface area contributed by atoms with Crippen LogP contribution in [-0.2, 0) is 9.53 Å². The van der Waals surface area contributed by atoms with Gasteiger partial charge in [-0.3, -0.25) is 9.69 Å². The van der Waals surface area contributed by atoms with E-state index in [9.17, 15) is 9.59 Å². The number of ether oxygens (including phenoxy) is 4. The van der Waals surface area contributed by atoms with Crippen LogP contribution in [0.4, 0.5) is 5.13 Å². The predicted octanol–water partition coefficient (Wildman–Crippen LogP) is 1.99. The Morgan fingerprint density at radius 2 is 1.76 bits per heavy atom. The average Bonchev–Trinajstić information content (AvgIpc) is 3.18. The Balaban J connectivity index is 2.09. The van der Waals surface area contributed by atoms with Gasteiger partial charge in [-0.2, -0.15) is 0 Å². The van der Waals surface area contributed by atoms with Crippen molar-refractivity contribution >= 4 is 28.3 Å². The molecule has 0 radical (unpaired) electrons. The van der Waals surface area contributed by atoms with Gasteiger partial charge in [0.15, 0.2) is 23.2 Å². The van der Waals surface area contributed by atoms with Crippen molar-refractivity contribution in [2.75, 3.05) is 39.9 Å². The second-order valence-electron chi connectivity index (χ2n) is 4.76. The lowest BCUT2D eigenvalue weighted by atomic mass is 10.2. The zero-order valence-corrected chi connectivity index (χ0v) is 15.1. The lowest BCUT2D eigenvalue weighted by Crippen LogP contribution is -2.31. The highest BCUT2D eigenvalue weighted by Crippen LogP contribution is 2.38. The van der Waals surface area contributed by atoms with Gasteiger partial charge >= 0.3 is 5.97 Å². The maximum atomic E-state index is 12.2. The Morgan fingerprint density at radius 3 is 2.24 bits per heavy atom. The minimum absolute atomic E-state index is 0.180. The van der Waals surface area contributed by atoms with Crippen LogP contribution in [-0.4, -0.2) is 51.8 Å².